The molecule has 3 heterocycles. The Morgan fingerprint density at radius 3 is 2.72 bits per heavy atom. The van der Waals surface area contributed by atoms with Crippen molar-refractivity contribution in [1.29, 1.82) is 0 Å². The zero-order valence-electron chi connectivity index (χ0n) is 13.7. The van der Waals surface area contributed by atoms with Gasteiger partial charge in [-0.05, 0) is 12.8 Å². The third-order valence-corrected chi connectivity index (χ3v) is 5.22. The molecule has 4 unspecified atom stereocenters. The molecule has 25 heavy (non-hydrogen) atoms. The number of aromatic nitrogens is 3. The molecule has 1 aromatic heterocycles. The summed E-state index contributed by atoms with van der Waals surface area (Å²) in [7, 11) is 0. The smallest absolute Gasteiger partial charge is 0.223 e. The maximum Gasteiger partial charge on any atom is 0.223 e. The topological polar surface area (TPSA) is 78.3 Å². The van der Waals surface area contributed by atoms with Crippen LogP contribution in [0, 0.1) is 5.92 Å². The number of benzene rings is 1. The second-order valence-electron chi connectivity index (χ2n) is 7.00. The lowest BCUT2D eigenvalue weighted by Gasteiger charge is -2.17. The molecule has 7 heteroatoms. The molecule has 1 N–H and O–H groups in total. The molecule has 3 fully saturated rings. The maximum atomic E-state index is 12.0. The van der Waals surface area contributed by atoms with Crippen LogP contribution in [0.25, 0.3) is 11.3 Å². The summed E-state index contributed by atoms with van der Waals surface area (Å²) in [5.41, 5.74) is 1.87. The van der Waals surface area contributed by atoms with Crippen LogP contribution in [0.3, 0.4) is 0 Å². The minimum Gasteiger partial charge on any atom is -0.371 e. The van der Waals surface area contributed by atoms with E-state index in [-0.39, 0.29) is 36.1 Å². The Kier molecular flexibility index (Phi) is 3.57. The van der Waals surface area contributed by atoms with E-state index in [2.05, 4.69) is 15.6 Å². The molecule has 2 aliphatic heterocycles. The van der Waals surface area contributed by atoms with Crippen molar-refractivity contribution in [3.8, 4) is 11.3 Å². The molecular formula is C18H20N4O3. The normalized spacial score (nSPS) is 31.0. The van der Waals surface area contributed by atoms with Gasteiger partial charge in [0.2, 0.25) is 5.91 Å². The minimum absolute atomic E-state index is 0.0159. The quantitative estimate of drug-likeness (QED) is 0.904. The van der Waals surface area contributed by atoms with E-state index >= 15 is 0 Å². The lowest BCUT2D eigenvalue weighted by molar-refractivity contribution is -0.123. The molecule has 2 aromatic rings. The van der Waals surface area contributed by atoms with Crippen LogP contribution in [0.2, 0.25) is 0 Å². The largest absolute Gasteiger partial charge is 0.371 e. The van der Waals surface area contributed by atoms with Crippen LogP contribution < -0.4 is 5.32 Å². The average molecular weight is 340 g/mol. The number of carbonyl (C=O) groups excluding carboxylic acids is 1. The first-order chi connectivity index (χ1) is 12.3. The van der Waals surface area contributed by atoms with Crippen molar-refractivity contribution in [3.63, 3.8) is 0 Å². The zero-order valence-corrected chi connectivity index (χ0v) is 13.7. The molecule has 1 saturated carbocycles. The lowest BCUT2D eigenvalue weighted by atomic mass is 10.1. The fraction of sp³-hybridized carbons (Fsp3) is 0.500. The van der Waals surface area contributed by atoms with Crippen LogP contribution in [0.15, 0.2) is 36.5 Å². The summed E-state index contributed by atoms with van der Waals surface area (Å²) in [6.45, 7) is 1.01. The van der Waals surface area contributed by atoms with Crippen molar-refractivity contribution in [2.45, 2.75) is 37.1 Å². The van der Waals surface area contributed by atoms with Crippen LogP contribution in [0.1, 0.15) is 18.9 Å². The number of amides is 1. The Labute approximate surface area is 145 Å². The van der Waals surface area contributed by atoms with E-state index < -0.39 is 0 Å². The number of rotatable bonds is 4. The van der Waals surface area contributed by atoms with Gasteiger partial charge in [0, 0.05) is 11.5 Å². The summed E-state index contributed by atoms with van der Waals surface area (Å²) in [6, 6.07) is 9.88. The number of hydrogen-bond donors (Lipinski definition) is 1. The number of fused-ring (bicyclic) bond motifs is 1. The van der Waals surface area contributed by atoms with Gasteiger partial charge in [0.15, 0.2) is 0 Å². The van der Waals surface area contributed by atoms with Crippen LogP contribution in [0.5, 0.6) is 0 Å². The van der Waals surface area contributed by atoms with Crippen molar-refractivity contribution in [2.75, 3.05) is 13.2 Å². The predicted octanol–water partition coefficient (Wildman–Crippen LogP) is 1.18. The van der Waals surface area contributed by atoms with Gasteiger partial charge in [0.1, 0.15) is 23.9 Å². The molecule has 2 saturated heterocycles. The Balaban J connectivity index is 1.30. The summed E-state index contributed by atoms with van der Waals surface area (Å²) in [6.07, 6.45) is 3.72. The first kappa shape index (κ1) is 15.0. The van der Waals surface area contributed by atoms with Gasteiger partial charge in [-0.15, -0.1) is 5.10 Å². The van der Waals surface area contributed by atoms with Gasteiger partial charge in [-0.2, -0.15) is 0 Å². The van der Waals surface area contributed by atoms with Gasteiger partial charge in [-0.1, -0.05) is 35.5 Å². The number of carbonyl (C=O) groups is 1. The molecule has 5 rings (SSSR count). The molecule has 0 spiro atoms. The molecule has 1 aromatic carbocycles. The molecule has 130 valence electrons. The van der Waals surface area contributed by atoms with Crippen molar-refractivity contribution in [3.05, 3.63) is 36.5 Å². The second-order valence-corrected chi connectivity index (χ2v) is 7.00. The van der Waals surface area contributed by atoms with Crippen LogP contribution >= 0.6 is 0 Å². The van der Waals surface area contributed by atoms with Gasteiger partial charge >= 0.3 is 0 Å². The molecule has 0 bridgehead atoms. The summed E-state index contributed by atoms with van der Waals surface area (Å²) < 4.78 is 13.7. The minimum atomic E-state index is -0.114. The number of nitrogens with zero attached hydrogens (tertiary/aromatic N) is 3. The Bertz CT molecular complexity index is 774. The molecular weight excluding hydrogens is 320 g/mol. The molecule has 1 aliphatic carbocycles. The molecule has 4 atom stereocenters. The molecule has 3 aliphatic rings. The lowest BCUT2D eigenvalue weighted by Crippen LogP contribution is -2.44. The molecule has 1 amide bonds. The van der Waals surface area contributed by atoms with E-state index in [0.717, 1.165) is 24.1 Å². The average Bonchev–Trinajstić information content (AvgIpc) is 3.05. The van der Waals surface area contributed by atoms with Crippen molar-refractivity contribution >= 4 is 5.91 Å². The Morgan fingerprint density at radius 2 is 1.92 bits per heavy atom. The Morgan fingerprint density at radius 1 is 1.12 bits per heavy atom. The van der Waals surface area contributed by atoms with E-state index in [4.69, 9.17) is 9.47 Å². The Hall–Kier alpha value is -2.25. The van der Waals surface area contributed by atoms with Gasteiger partial charge in [-0.3, -0.25) is 4.79 Å². The summed E-state index contributed by atoms with van der Waals surface area (Å²) in [5.74, 6) is 0.327. The van der Waals surface area contributed by atoms with Gasteiger partial charge in [0.05, 0.1) is 25.5 Å². The third kappa shape index (κ3) is 2.73. The van der Waals surface area contributed by atoms with Crippen LogP contribution in [0.4, 0.5) is 0 Å². The van der Waals surface area contributed by atoms with Crippen molar-refractivity contribution in [2.24, 2.45) is 5.92 Å². The van der Waals surface area contributed by atoms with Crippen molar-refractivity contribution in [1.82, 2.24) is 20.3 Å². The first-order valence-corrected chi connectivity index (χ1v) is 8.80. The van der Waals surface area contributed by atoms with Gasteiger partial charge in [0.25, 0.3) is 0 Å². The van der Waals surface area contributed by atoms with E-state index in [0.29, 0.717) is 13.2 Å². The van der Waals surface area contributed by atoms with Crippen LogP contribution in [-0.4, -0.2) is 52.4 Å². The fourth-order valence-corrected chi connectivity index (χ4v) is 3.66. The van der Waals surface area contributed by atoms with Gasteiger partial charge < -0.3 is 14.8 Å². The highest BCUT2D eigenvalue weighted by atomic mass is 16.6. The maximum absolute atomic E-state index is 12.0. The molecule has 7 nitrogen and oxygen atoms in total. The molecule has 0 radical (unpaired) electrons. The SMILES string of the molecule is O=C(NC1COC2C1OCC2n1cc(-c2ccccc2)nn1)C1CC1. The van der Waals surface area contributed by atoms with Gasteiger partial charge in [-0.25, -0.2) is 4.68 Å². The zero-order chi connectivity index (χ0) is 16.8. The van der Waals surface area contributed by atoms with E-state index in [1.807, 2.05) is 41.2 Å². The third-order valence-electron chi connectivity index (χ3n) is 5.22. The van der Waals surface area contributed by atoms with E-state index in [1.165, 1.54) is 0 Å². The number of ether oxygens (including phenoxy) is 2. The van der Waals surface area contributed by atoms with Crippen LogP contribution in [-0.2, 0) is 14.3 Å². The highest BCUT2D eigenvalue weighted by Crippen LogP contribution is 2.35. The number of hydrogen-bond acceptors (Lipinski definition) is 5. The standard InChI is InChI=1S/C18H20N4O3/c23-18(12-6-7-12)19-14-9-24-17-15(10-25-16(14)17)22-8-13(20-21-22)11-4-2-1-3-5-11/h1-5,8,12,14-17H,6-7,9-10H2,(H,19,23). The van der Waals surface area contributed by atoms with E-state index in [9.17, 15) is 4.79 Å². The first-order valence-electron chi connectivity index (χ1n) is 8.80. The second kappa shape index (κ2) is 5.93. The summed E-state index contributed by atoms with van der Waals surface area (Å²) in [5, 5.41) is 11.6. The number of nitrogens with one attached hydrogen (secondary N) is 1. The van der Waals surface area contributed by atoms with E-state index in [1.54, 1.807) is 0 Å². The summed E-state index contributed by atoms with van der Waals surface area (Å²) in [4.78, 5) is 12.0. The fourth-order valence-electron chi connectivity index (χ4n) is 3.66. The highest BCUT2D eigenvalue weighted by molar-refractivity contribution is 5.81. The summed E-state index contributed by atoms with van der Waals surface area (Å²) >= 11 is 0. The predicted molar refractivity (Wildman–Crippen MR) is 88.6 cm³/mol. The monoisotopic (exact) mass is 340 g/mol. The van der Waals surface area contributed by atoms with Crippen molar-refractivity contribution < 1.29 is 14.3 Å². The highest BCUT2D eigenvalue weighted by Gasteiger charge is 2.50.